The lowest BCUT2D eigenvalue weighted by Crippen LogP contribution is -2.32. The van der Waals surface area contributed by atoms with Crippen molar-refractivity contribution in [2.24, 2.45) is 5.41 Å². The highest BCUT2D eigenvalue weighted by molar-refractivity contribution is 5.87. The number of esters is 1. The molecule has 1 atom stereocenters. The van der Waals surface area contributed by atoms with Crippen molar-refractivity contribution in [1.82, 2.24) is 9.55 Å². The Morgan fingerprint density at radius 3 is 2.73 bits per heavy atom. The molecule has 4 heteroatoms. The molecule has 0 N–H and O–H groups in total. The molecule has 0 unspecified atom stereocenters. The molecule has 1 fully saturated rings. The Hall–Kier alpha value is -2.10. The zero-order valence-corrected chi connectivity index (χ0v) is 13.2. The van der Waals surface area contributed by atoms with Crippen molar-refractivity contribution in [2.45, 2.75) is 39.2 Å². The number of hydrogen-bond acceptors (Lipinski definition) is 3. The first kappa shape index (κ1) is 14.8. The molecule has 0 saturated heterocycles. The Balaban J connectivity index is 1.72. The summed E-state index contributed by atoms with van der Waals surface area (Å²) in [6.45, 7) is 4.73. The standard InChI is InChI=1S/C18H22N2O2/c1-14(15-7-4-3-5-8-15)20-13-19-11-16(20)17(21)22-12-18(2)9-6-10-18/h3-5,7-8,11,13-14H,6,9-10,12H2,1-2H3/t14-/m1/s1. The lowest BCUT2D eigenvalue weighted by atomic mass is 9.71. The number of nitrogens with zero attached hydrogens (tertiary/aromatic N) is 2. The first-order valence-electron chi connectivity index (χ1n) is 7.83. The SMILES string of the molecule is C[C@H](c1ccccc1)n1cncc1C(=O)OCC1(C)CCC1. The third-order valence-electron chi connectivity index (χ3n) is 4.69. The fourth-order valence-electron chi connectivity index (χ4n) is 2.90. The molecule has 1 heterocycles. The van der Waals surface area contributed by atoms with Gasteiger partial charge in [0.25, 0.3) is 0 Å². The van der Waals surface area contributed by atoms with Crippen molar-refractivity contribution >= 4 is 5.97 Å². The number of imidazole rings is 1. The molecule has 0 amide bonds. The molecule has 4 nitrogen and oxygen atoms in total. The van der Waals surface area contributed by atoms with Gasteiger partial charge in [0.15, 0.2) is 0 Å². The average molecular weight is 298 g/mol. The number of ether oxygens (including phenoxy) is 1. The Kier molecular flexibility index (Phi) is 4.01. The number of carbonyl (C=O) groups is 1. The normalized spacial score (nSPS) is 17.5. The number of benzene rings is 1. The smallest absolute Gasteiger partial charge is 0.356 e. The molecule has 0 aliphatic heterocycles. The van der Waals surface area contributed by atoms with E-state index < -0.39 is 0 Å². The molecule has 0 radical (unpaired) electrons. The van der Waals surface area contributed by atoms with Crippen LogP contribution in [0, 0.1) is 5.41 Å². The molecule has 116 valence electrons. The summed E-state index contributed by atoms with van der Waals surface area (Å²) in [7, 11) is 0. The van der Waals surface area contributed by atoms with Gasteiger partial charge in [0.1, 0.15) is 5.69 Å². The van der Waals surface area contributed by atoms with Gasteiger partial charge < -0.3 is 9.30 Å². The van der Waals surface area contributed by atoms with E-state index in [1.54, 1.807) is 12.5 Å². The molecular formula is C18H22N2O2. The van der Waals surface area contributed by atoms with Crippen LogP contribution in [-0.2, 0) is 4.74 Å². The van der Waals surface area contributed by atoms with Gasteiger partial charge in [-0.15, -0.1) is 0 Å². The van der Waals surface area contributed by atoms with Gasteiger partial charge in [0.05, 0.1) is 25.2 Å². The quantitative estimate of drug-likeness (QED) is 0.788. The summed E-state index contributed by atoms with van der Waals surface area (Å²) < 4.78 is 7.40. The lowest BCUT2D eigenvalue weighted by Gasteiger charge is -2.37. The number of hydrogen-bond donors (Lipinski definition) is 0. The first-order valence-corrected chi connectivity index (χ1v) is 7.83. The summed E-state index contributed by atoms with van der Waals surface area (Å²) in [5.41, 5.74) is 1.82. The zero-order valence-electron chi connectivity index (χ0n) is 13.2. The highest BCUT2D eigenvalue weighted by Gasteiger charge is 2.33. The monoisotopic (exact) mass is 298 g/mol. The maximum absolute atomic E-state index is 12.4. The van der Waals surface area contributed by atoms with Crippen LogP contribution >= 0.6 is 0 Å². The average Bonchev–Trinajstić information content (AvgIpc) is 3.00. The summed E-state index contributed by atoms with van der Waals surface area (Å²) in [6, 6.07) is 10.1. The van der Waals surface area contributed by atoms with Gasteiger partial charge in [0.2, 0.25) is 0 Å². The van der Waals surface area contributed by atoms with Gasteiger partial charge in [-0.1, -0.05) is 43.7 Å². The van der Waals surface area contributed by atoms with Gasteiger partial charge in [-0.2, -0.15) is 0 Å². The number of carbonyl (C=O) groups excluding carboxylic acids is 1. The first-order chi connectivity index (χ1) is 10.6. The van der Waals surface area contributed by atoms with E-state index in [4.69, 9.17) is 4.74 Å². The van der Waals surface area contributed by atoms with Gasteiger partial charge >= 0.3 is 5.97 Å². The van der Waals surface area contributed by atoms with Crippen molar-refractivity contribution < 1.29 is 9.53 Å². The molecule has 2 aromatic rings. The van der Waals surface area contributed by atoms with Crippen LogP contribution in [0.3, 0.4) is 0 Å². The zero-order chi connectivity index (χ0) is 15.6. The predicted molar refractivity (Wildman–Crippen MR) is 84.7 cm³/mol. The molecule has 22 heavy (non-hydrogen) atoms. The molecule has 1 aliphatic carbocycles. The van der Waals surface area contributed by atoms with E-state index >= 15 is 0 Å². The molecule has 1 saturated carbocycles. The summed E-state index contributed by atoms with van der Waals surface area (Å²) >= 11 is 0. The minimum atomic E-state index is -0.284. The van der Waals surface area contributed by atoms with E-state index in [0.29, 0.717) is 12.3 Å². The third kappa shape index (κ3) is 2.91. The van der Waals surface area contributed by atoms with Crippen LogP contribution in [0.15, 0.2) is 42.9 Å². The largest absolute Gasteiger partial charge is 0.460 e. The molecule has 0 spiro atoms. The predicted octanol–water partition coefficient (Wildman–Crippen LogP) is 3.84. The molecule has 3 rings (SSSR count). The maximum atomic E-state index is 12.4. The minimum absolute atomic E-state index is 0.0468. The van der Waals surface area contributed by atoms with Gasteiger partial charge in [-0.3, -0.25) is 0 Å². The van der Waals surface area contributed by atoms with Crippen LogP contribution in [0.5, 0.6) is 0 Å². The summed E-state index contributed by atoms with van der Waals surface area (Å²) in [5, 5.41) is 0. The van der Waals surface area contributed by atoms with Crippen LogP contribution in [0.4, 0.5) is 0 Å². The second kappa shape index (κ2) is 5.95. The Morgan fingerprint density at radius 2 is 2.09 bits per heavy atom. The third-order valence-corrected chi connectivity index (χ3v) is 4.69. The summed E-state index contributed by atoms with van der Waals surface area (Å²) in [5.74, 6) is -0.284. The van der Waals surface area contributed by atoms with E-state index in [1.165, 1.54) is 6.42 Å². The Labute approximate surface area is 131 Å². The molecule has 0 bridgehead atoms. The highest BCUT2D eigenvalue weighted by atomic mass is 16.5. The second-order valence-electron chi connectivity index (χ2n) is 6.51. The summed E-state index contributed by atoms with van der Waals surface area (Å²) in [4.78, 5) is 16.5. The van der Waals surface area contributed by atoms with Gasteiger partial charge in [0, 0.05) is 5.41 Å². The van der Waals surface area contributed by atoms with Crippen LogP contribution in [0.2, 0.25) is 0 Å². The summed E-state index contributed by atoms with van der Waals surface area (Å²) in [6.07, 6.45) is 6.79. The molecule has 1 aliphatic rings. The van der Waals surface area contributed by atoms with E-state index in [0.717, 1.165) is 18.4 Å². The van der Waals surface area contributed by atoms with E-state index in [1.807, 2.05) is 22.8 Å². The van der Waals surface area contributed by atoms with Crippen LogP contribution in [0.25, 0.3) is 0 Å². The topological polar surface area (TPSA) is 44.1 Å². The maximum Gasteiger partial charge on any atom is 0.356 e. The Bertz CT molecular complexity index is 644. The molecular weight excluding hydrogens is 276 g/mol. The fourth-order valence-corrected chi connectivity index (χ4v) is 2.90. The lowest BCUT2D eigenvalue weighted by molar-refractivity contribution is 0.00914. The van der Waals surface area contributed by atoms with Crippen molar-refractivity contribution in [3.63, 3.8) is 0 Å². The van der Waals surface area contributed by atoms with E-state index in [9.17, 15) is 4.79 Å². The van der Waals surface area contributed by atoms with Crippen molar-refractivity contribution in [3.8, 4) is 0 Å². The Morgan fingerprint density at radius 1 is 1.36 bits per heavy atom. The molecule has 1 aromatic carbocycles. The van der Waals surface area contributed by atoms with Crippen LogP contribution in [0.1, 0.15) is 55.2 Å². The van der Waals surface area contributed by atoms with Crippen molar-refractivity contribution in [3.05, 3.63) is 54.1 Å². The van der Waals surface area contributed by atoms with Crippen LogP contribution < -0.4 is 0 Å². The van der Waals surface area contributed by atoms with E-state index in [-0.39, 0.29) is 17.4 Å². The van der Waals surface area contributed by atoms with Gasteiger partial charge in [-0.05, 0) is 25.3 Å². The fraction of sp³-hybridized carbons (Fsp3) is 0.444. The van der Waals surface area contributed by atoms with E-state index in [2.05, 4.69) is 31.0 Å². The van der Waals surface area contributed by atoms with Crippen molar-refractivity contribution in [2.75, 3.05) is 6.61 Å². The second-order valence-corrected chi connectivity index (χ2v) is 6.51. The van der Waals surface area contributed by atoms with Crippen molar-refractivity contribution in [1.29, 1.82) is 0 Å². The molecule has 1 aromatic heterocycles. The minimum Gasteiger partial charge on any atom is -0.460 e. The number of rotatable bonds is 5. The highest BCUT2D eigenvalue weighted by Crippen LogP contribution is 2.40. The number of aromatic nitrogens is 2. The van der Waals surface area contributed by atoms with Gasteiger partial charge in [-0.25, -0.2) is 9.78 Å². The van der Waals surface area contributed by atoms with Crippen LogP contribution in [-0.4, -0.2) is 22.1 Å².